The molecule has 1 heterocycles. The molecule has 19 heavy (non-hydrogen) atoms. The highest BCUT2D eigenvalue weighted by molar-refractivity contribution is 7.89. The van der Waals surface area contributed by atoms with Gasteiger partial charge in [0.25, 0.3) is 0 Å². The van der Waals surface area contributed by atoms with Gasteiger partial charge in [0, 0.05) is 17.8 Å². The number of nitrogens with one attached hydrogen (secondary N) is 2. The fourth-order valence-electron chi connectivity index (χ4n) is 2.54. The smallest absolute Gasteiger partial charge is 0.241 e. The average Bonchev–Trinajstić information content (AvgIpc) is 2.73. The van der Waals surface area contributed by atoms with Crippen molar-refractivity contribution in [1.82, 2.24) is 4.72 Å². The molecule has 2 rings (SSSR count). The third-order valence-corrected chi connectivity index (χ3v) is 5.08. The summed E-state index contributed by atoms with van der Waals surface area (Å²) in [6, 6.07) is 5.32. The molecule has 1 aromatic carbocycles. The van der Waals surface area contributed by atoms with Gasteiger partial charge >= 0.3 is 0 Å². The van der Waals surface area contributed by atoms with Gasteiger partial charge in [-0.05, 0) is 44.4 Å². The zero-order valence-corrected chi connectivity index (χ0v) is 12.6. The van der Waals surface area contributed by atoms with E-state index < -0.39 is 15.6 Å². The summed E-state index contributed by atoms with van der Waals surface area (Å²) in [7, 11) is -3.45. The van der Waals surface area contributed by atoms with Crippen LogP contribution in [0, 0.1) is 0 Å². The minimum atomic E-state index is -3.45. The maximum atomic E-state index is 12.4. The number of benzene rings is 1. The van der Waals surface area contributed by atoms with Crippen LogP contribution in [0.25, 0.3) is 0 Å². The molecule has 1 aliphatic rings. The van der Waals surface area contributed by atoms with Crippen molar-refractivity contribution in [2.24, 2.45) is 0 Å². The van der Waals surface area contributed by atoms with Crippen molar-refractivity contribution >= 4 is 15.7 Å². The van der Waals surface area contributed by atoms with E-state index in [1.807, 2.05) is 19.9 Å². The van der Waals surface area contributed by atoms with Gasteiger partial charge in [0.2, 0.25) is 10.0 Å². The van der Waals surface area contributed by atoms with E-state index in [1.165, 1.54) is 5.56 Å². The van der Waals surface area contributed by atoms with E-state index in [-0.39, 0.29) is 0 Å². The van der Waals surface area contributed by atoms with Gasteiger partial charge in [-0.15, -0.1) is 0 Å². The Bertz CT molecular complexity index is 565. The number of hydrogen-bond acceptors (Lipinski definition) is 3. The molecular formula is C14H22N2O2S. The van der Waals surface area contributed by atoms with Crippen LogP contribution in [0.5, 0.6) is 0 Å². The third kappa shape index (κ3) is 3.28. The Morgan fingerprint density at radius 3 is 2.79 bits per heavy atom. The van der Waals surface area contributed by atoms with Gasteiger partial charge in [0.05, 0.1) is 4.90 Å². The summed E-state index contributed by atoms with van der Waals surface area (Å²) in [5, 5.41) is 3.21. The van der Waals surface area contributed by atoms with Crippen molar-refractivity contribution in [2.45, 2.75) is 50.5 Å². The molecule has 0 amide bonds. The number of sulfonamides is 1. The Hall–Kier alpha value is -1.07. The zero-order chi connectivity index (χ0) is 14.1. The SMILES string of the molecule is CCCC(C)(C)NS(=O)(=O)c1ccc2c(c1)NCC2. The average molecular weight is 282 g/mol. The largest absolute Gasteiger partial charge is 0.384 e. The Labute approximate surface area is 115 Å². The molecule has 0 unspecified atom stereocenters. The van der Waals surface area contributed by atoms with Crippen LogP contribution >= 0.6 is 0 Å². The van der Waals surface area contributed by atoms with E-state index in [1.54, 1.807) is 12.1 Å². The van der Waals surface area contributed by atoms with Crippen LogP contribution < -0.4 is 10.0 Å². The molecule has 4 nitrogen and oxygen atoms in total. The maximum absolute atomic E-state index is 12.4. The standard InChI is InChI=1S/C14H22N2O2S/c1-4-8-14(2,3)16-19(17,18)12-6-5-11-7-9-15-13(11)10-12/h5-6,10,15-16H,4,7-9H2,1-3H3. The fourth-order valence-corrected chi connectivity index (χ4v) is 4.00. The van der Waals surface area contributed by atoms with Crippen LogP contribution in [0.4, 0.5) is 5.69 Å². The van der Waals surface area contributed by atoms with E-state index in [4.69, 9.17) is 0 Å². The number of hydrogen-bond donors (Lipinski definition) is 2. The first-order valence-electron chi connectivity index (χ1n) is 6.75. The minimum absolute atomic E-state index is 0.338. The predicted molar refractivity (Wildman–Crippen MR) is 77.9 cm³/mol. The van der Waals surface area contributed by atoms with Crippen molar-refractivity contribution in [3.63, 3.8) is 0 Å². The minimum Gasteiger partial charge on any atom is -0.384 e. The molecule has 1 aromatic rings. The molecule has 5 heteroatoms. The Kier molecular flexibility index (Phi) is 3.87. The van der Waals surface area contributed by atoms with Crippen molar-refractivity contribution in [3.05, 3.63) is 23.8 Å². The fraction of sp³-hybridized carbons (Fsp3) is 0.571. The summed E-state index contributed by atoms with van der Waals surface area (Å²) >= 11 is 0. The number of rotatable bonds is 5. The highest BCUT2D eigenvalue weighted by Gasteiger charge is 2.26. The summed E-state index contributed by atoms with van der Waals surface area (Å²) in [4.78, 5) is 0.338. The second-order valence-corrected chi connectivity index (χ2v) is 7.42. The zero-order valence-electron chi connectivity index (χ0n) is 11.8. The van der Waals surface area contributed by atoms with Gasteiger partial charge in [-0.1, -0.05) is 19.4 Å². The Morgan fingerprint density at radius 2 is 2.11 bits per heavy atom. The van der Waals surface area contributed by atoms with E-state index in [2.05, 4.69) is 17.0 Å². The quantitative estimate of drug-likeness (QED) is 0.872. The summed E-state index contributed by atoms with van der Waals surface area (Å²) in [6.45, 7) is 6.77. The third-order valence-electron chi connectivity index (χ3n) is 3.39. The molecule has 0 saturated carbocycles. The maximum Gasteiger partial charge on any atom is 0.241 e. The van der Waals surface area contributed by atoms with Gasteiger partial charge in [-0.3, -0.25) is 0 Å². The first-order chi connectivity index (χ1) is 8.84. The van der Waals surface area contributed by atoms with Crippen LogP contribution in [-0.4, -0.2) is 20.5 Å². The summed E-state index contributed by atoms with van der Waals surface area (Å²) in [6.07, 6.45) is 2.72. The summed E-state index contributed by atoms with van der Waals surface area (Å²) in [5.74, 6) is 0. The van der Waals surface area contributed by atoms with E-state index >= 15 is 0 Å². The van der Waals surface area contributed by atoms with Crippen molar-refractivity contribution in [3.8, 4) is 0 Å². The van der Waals surface area contributed by atoms with Crippen molar-refractivity contribution in [1.29, 1.82) is 0 Å². The monoisotopic (exact) mass is 282 g/mol. The van der Waals surface area contributed by atoms with Crippen LogP contribution in [0.1, 0.15) is 39.2 Å². The van der Waals surface area contributed by atoms with E-state index in [0.29, 0.717) is 4.90 Å². The topological polar surface area (TPSA) is 58.2 Å². The van der Waals surface area contributed by atoms with E-state index in [0.717, 1.165) is 31.5 Å². The summed E-state index contributed by atoms with van der Waals surface area (Å²) < 4.78 is 27.6. The molecule has 0 spiro atoms. The Balaban J connectivity index is 2.25. The molecule has 0 saturated heterocycles. The molecule has 0 bridgehead atoms. The lowest BCUT2D eigenvalue weighted by Gasteiger charge is -2.25. The highest BCUT2D eigenvalue weighted by atomic mass is 32.2. The lowest BCUT2D eigenvalue weighted by atomic mass is 10.0. The highest BCUT2D eigenvalue weighted by Crippen LogP contribution is 2.26. The van der Waals surface area contributed by atoms with Crippen LogP contribution in [0.15, 0.2) is 23.1 Å². The lowest BCUT2D eigenvalue weighted by molar-refractivity contribution is 0.418. The molecule has 106 valence electrons. The lowest BCUT2D eigenvalue weighted by Crippen LogP contribution is -2.43. The predicted octanol–water partition coefficient (Wildman–Crippen LogP) is 2.51. The second-order valence-electron chi connectivity index (χ2n) is 5.74. The summed E-state index contributed by atoms with van der Waals surface area (Å²) in [5.41, 5.74) is 1.71. The Morgan fingerprint density at radius 1 is 1.37 bits per heavy atom. The van der Waals surface area contributed by atoms with Gasteiger partial charge in [0.1, 0.15) is 0 Å². The van der Waals surface area contributed by atoms with E-state index in [9.17, 15) is 8.42 Å². The van der Waals surface area contributed by atoms with Crippen molar-refractivity contribution < 1.29 is 8.42 Å². The normalized spacial score (nSPS) is 15.1. The molecule has 1 aliphatic heterocycles. The molecule has 0 radical (unpaired) electrons. The number of fused-ring (bicyclic) bond motifs is 1. The van der Waals surface area contributed by atoms with Gasteiger partial charge in [-0.25, -0.2) is 13.1 Å². The second kappa shape index (κ2) is 5.13. The number of anilines is 1. The van der Waals surface area contributed by atoms with Crippen LogP contribution in [-0.2, 0) is 16.4 Å². The van der Waals surface area contributed by atoms with Crippen LogP contribution in [0.3, 0.4) is 0 Å². The molecule has 2 N–H and O–H groups in total. The molecule has 0 atom stereocenters. The van der Waals surface area contributed by atoms with Crippen molar-refractivity contribution in [2.75, 3.05) is 11.9 Å². The van der Waals surface area contributed by atoms with Crippen LogP contribution in [0.2, 0.25) is 0 Å². The van der Waals surface area contributed by atoms with Gasteiger partial charge < -0.3 is 5.32 Å². The van der Waals surface area contributed by atoms with Gasteiger partial charge in [0.15, 0.2) is 0 Å². The molecule has 0 fully saturated rings. The molecule has 0 aromatic heterocycles. The molecular weight excluding hydrogens is 260 g/mol. The first-order valence-corrected chi connectivity index (χ1v) is 8.23. The first kappa shape index (κ1) is 14.3. The molecule has 0 aliphatic carbocycles. The van der Waals surface area contributed by atoms with Gasteiger partial charge in [-0.2, -0.15) is 0 Å².